The molecule has 0 amide bonds. The lowest BCUT2D eigenvalue weighted by molar-refractivity contribution is 0.0910. The molecule has 1 fully saturated rings. The fourth-order valence-electron chi connectivity index (χ4n) is 3.82. The van der Waals surface area contributed by atoms with E-state index in [0.29, 0.717) is 12.0 Å². The van der Waals surface area contributed by atoms with E-state index in [9.17, 15) is 0 Å². The second-order valence-electron chi connectivity index (χ2n) is 6.47. The lowest BCUT2D eigenvalue weighted by Gasteiger charge is -2.43. The maximum Gasteiger partial charge on any atom is 0.119 e. The van der Waals surface area contributed by atoms with Crippen molar-refractivity contribution in [2.45, 2.75) is 45.3 Å². The second kappa shape index (κ2) is 6.59. The molecular weight excluding hydrogens is 248 g/mol. The summed E-state index contributed by atoms with van der Waals surface area (Å²) in [7, 11) is 3.90. The number of nitrogens with two attached hydrogens (primary N) is 1. The van der Waals surface area contributed by atoms with Crippen LogP contribution >= 0.6 is 0 Å². The molecule has 4 unspecified atom stereocenters. The van der Waals surface area contributed by atoms with E-state index in [1.807, 2.05) is 12.1 Å². The summed E-state index contributed by atoms with van der Waals surface area (Å²) >= 11 is 0. The number of benzene rings is 1. The smallest absolute Gasteiger partial charge is 0.119 e. The molecule has 0 radical (unpaired) electrons. The van der Waals surface area contributed by atoms with Gasteiger partial charge in [0.05, 0.1) is 7.11 Å². The van der Waals surface area contributed by atoms with Crippen molar-refractivity contribution >= 4 is 0 Å². The summed E-state index contributed by atoms with van der Waals surface area (Å²) in [4.78, 5) is 2.41. The Morgan fingerprint density at radius 3 is 2.70 bits per heavy atom. The molecule has 3 heteroatoms. The normalized spacial score (nSPS) is 30.5. The standard InChI is InChI=1S/C17H28N2O/c1-12-8-13(2)17(16(18)9-12)19(3)11-14-6-5-7-15(10-14)20-4/h5-7,10,12-13,16-17H,8-9,11,18H2,1-4H3. The van der Waals surface area contributed by atoms with Gasteiger partial charge >= 0.3 is 0 Å². The summed E-state index contributed by atoms with van der Waals surface area (Å²) in [5.41, 5.74) is 7.69. The zero-order valence-electron chi connectivity index (χ0n) is 13.2. The maximum absolute atomic E-state index is 6.40. The lowest BCUT2D eigenvalue weighted by atomic mass is 9.76. The second-order valence-corrected chi connectivity index (χ2v) is 6.47. The molecule has 0 aliphatic heterocycles. The summed E-state index contributed by atoms with van der Waals surface area (Å²) in [5, 5.41) is 0. The van der Waals surface area contributed by atoms with Crippen LogP contribution in [0, 0.1) is 11.8 Å². The highest BCUT2D eigenvalue weighted by molar-refractivity contribution is 5.28. The van der Waals surface area contributed by atoms with Gasteiger partial charge in [0.25, 0.3) is 0 Å². The van der Waals surface area contributed by atoms with Crippen LogP contribution in [0.2, 0.25) is 0 Å². The number of hydrogen-bond donors (Lipinski definition) is 1. The van der Waals surface area contributed by atoms with Crippen molar-refractivity contribution in [3.8, 4) is 5.75 Å². The van der Waals surface area contributed by atoms with Gasteiger partial charge in [-0.1, -0.05) is 26.0 Å². The highest BCUT2D eigenvalue weighted by Crippen LogP contribution is 2.31. The predicted octanol–water partition coefficient (Wildman–Crippen LogP) is 2.89. The molecule has 3 nitrogen and oxygen atoms in total. The molecule has 1 saturated carbocycles. The average Bonchev–Trinajstić information content (AvgIpc) is 2.37. The number of methoxy groups -OCH3 is 1. The quantitative estimate of drug-likeness (QED) is 0.919. The van der Waals surface area contributed by atoms with Crippen LogP contribution in [-0.2, 0) is 6.54 Å². The zero-order chi connectivity index (χ0) is 14.7. The van der Waals surface area contributed by atoms with Crippen molar-refractivity contribution in [2.75, 3.05) is 14.2 Å². The molecule has 1 aliphatic carbocycles. The Bertz CT molecular complexity index is 423. The largest absolute Gasteiger partial charge is 0.497 e. The molecule has 0 spiro atoms. The molecular formula is C17H28N2O. The molecule has 0 heterocycles. The number of rotatable bonds is 4. The van der Waals surface area contributed by atoms with Crippen LogP contribution in [0.3, 0.4) is 0 Å². The van der Waals surface area contributed by atoms with Gasteiger partial charge in [0.2, 0.25) is 0 Å². The van der Waals surface area contributed by atoms with Crippen LogP contribution in [0.1, 0.15) is 32.3 Å². The van der Waals surface area contributed by atoms with Gasteiger partial charge in [0, 0.05) is 18.6 Å². The number of ether oxygens (including phenoxy) is 1. The molecule has 4 atom stereocenters. The van der Waals surface area contributed by atoms with Gasteiger partial charge in [-0.2, -0.15) is 0 Å². The van der Waals surface area contributed by atoms with Crippen LogP contribution in [0.25, 0.3) is 0 Å². The SMILES string of the molecule is COc1cccc(CN(C)C2C(C)CC(C)CC2N)c1. The molecule has 1 aliphatic rings. The summed E-state index contributed by atoms with van der Waals surface area (Å²) in [6.07, 6.45) is 2.41. The van der Waals surface area contributed by atoms with Gasteiger partial charge in [0.1, 0.15) is 5.75 Å². The molecule has 0 bridgehead atoms. The van der Waals surface area contributed by atoms with Crippen molar-refractivity contribution in [3.63, 3.8) is 0 Å². The highest BCUT2D eigenvalue weighted by atomic mass is 16.5. The van der Waals surface area contributed by atoms with E-state index in [4.69, 9.17) is 10.5 Å². The van der Waals surface area contributed by atoms with Crippen LogP contribution < -0.4 is 10.5 Å². The Morgan fingerprint density at radius 1 is 1.30 bits per heavy atom. The number of nitrogens with zero attached hydrogens (tertiary/aromatic N) is 1. The van der Waals surface area contributed by atoms with E-state index in [1.54, 1.807) is 7.11 Å². The van der Waals surface area contributed by atoms with Crippen molar-refractivity contribution in [1.82, 2.24) is 4.90 Å². The first-order chi connectivity index (χ1) is 9.51. The van der Waals surface area contributed by atoms with Gasteiger partial charge in [-0.15, -0.1) is 0 Å². The summed E-state index contributed by atoms with van der Waals surface area (Å²) < 4.78 is 5.29. The molecule has 2 N–H and O–H groups in total. The van der Waals surface area contributed by atoms with Crippen LogP contribution in [0.5, 0.6) is 5.75 Å². The Labute approximate surface area is 123 Å². The van der Waals surface area contributed by atoms with E-state index in [1.165, 1.54) is 12.0 Å². The Kier molecular flexibility index (Phi) is 5.06. The van der Waals surface area contributed by atoms with Gasteiger partial charge in [0.15, 0.2) is 0 Å². The average molecular weight is 276 g/mol. The molecule has 20 heavy (non-hydrogen) atoms. The van der Waals surface area contributed by atoms with Crippen molar-refractivity contribution in [3.05, 3.63) is 29.8 Å². The van der Waals surface area contributed by atoms with Crippen molar-refractivity contribution in [1.29, 1.82) is 0 Å². The van der Waals surface area contributed by atoms with E-state index in [2.05, 4.69) is 37.9 Å². The Hall–Kier alpha value is -1.06. The molecule has 1 aromatic rings. The molecule has 1 aromatic carbocycles. The maximum atomic E-state index is 6.40. The first-order valence-electron chi connectivity index (χ1n) is 7.60. The summed E-state index contributed by atoms with van der Waals surface area (Å²) in [6, 6.07) is 9.05. The summed E-state index contributed by atoms with van der Waals surface area (Å²) in [5.74, 6) is 2.33. The van der Waals surface area contributed by atoms with Gasteiger partial charge in [-0.05, 0) is 49.4 Å². The molecule has 2 rings (SSSR count). The van der Waals surface area contributed by atoms with Gasteiger partial charge in [-0.25, -0.2) is 0 Å². The Morgan fingerprint density at radius 2 is 2.05 bits per heavy atom. The third-order valence-electron chi connectivity index (χ3n) is 4.55. The fourth-order valence-corrected chi connectivity index (χ4v) is 3.82. The van der Waals surface area contributed by atoms with Crippen LogP contribution in [-0.4, -0.2) is 31.1 Å². The van der Waals surface area contributed by atoms with E-state index in [0.717, 1.165) is 24.6 Å². The lowest BCUT2D eigenvalue weighted by Crippen LogP contribution is -2.53. The topological polar surface area (TPSA) is 38.5 Å². The molecule has 0 aromatic heterocycles. The minimum atomic E-state index is 0.282. The van der Waals surface area contributed by atoms with Crippen molar-refractivity contribution in [2.24, 2.45) is 17.6 Å². The first kappa shape index (κ1) is 15.3. The minimum Gasteiger partial charge on any atom is -0.497 e. The van der Waals surface area contributed by atoms with Crippen LogP contribution in [0.15, 0.2) is 24.3 Å². The number of hydrogen-bond acceptors (Lipinski definition) is 3. The van der Waals surface area contributed by atoms with Gasteiger partial charge < -0.3 is 10.5 Å². The van der Waals surface area contributed by atoms with E-state index in [-0.39, 0.29) is 6.04 Å². The van der Waals surface area contributed by atoms with E-state index >= 15 is 0 Å². The highest BCUT2D eigenvalue weighted by Gasteiger charge is 2.34. The first-order valence-corrected chi connectivity index (χ1v) is 7.60. The molecule has 112 valence electrons. The summed E-state index contributed by atoms with van der Waals surface area (Å²) in [6.45, 7) is 5.57. The van der Waals surface area contributed by atoms with E-state index < -0.39 is 0 Å². The minimum absolute atomic E-state index is 0.282. The predicted molar refractivity (Wildman–Crippen MR) is 83.8 cm³/mol. The van der Waals surface area contributed by atoms with Crippen LogP contribution in [0.4, 0.5) is 0 Å². The Balaban J connectivity index is 2.04. The van der Waals surface area contributed by atoms with Gasteiger partial charge in [-0.3, -0.25) is 4.90 Å². The zero-order valence-corrected chi connectivity index (χ0v) is 13.2. The number of likely N-dealkylation sites (N-methyl/N-ethyl adjacent to an activating group) is 1. The monoisotopic (exact) mass is 276 g/mol. The third kappa shape index (κ3) is 3.53. The molecule has 0 saturated heterocycles. The fraction of sp³-hybridized carbons (Fsp3) is 0.647. The van der Waals surface area contributed by atoms with Crippen molar-refractivity contribution < 1.29 is 4.74 Å². The third-order valence-corrected chi connectivity index (χ3v) is 4.55.